The van der Waals surface area contributed by atoms with E-state index in [4.69, 9.17) is 4.99 Å². The molecular weight excluding hydrogens is 252 g/mol. The molecule has 4 rings (SSSR count). The molecule has 3 heterocycles. The van der Waals surface area contributed by atoms with E-state index in [2.05, 4.69) is 25.7 Å². The summed E-state index contributed by atoms with van der Waals surface area (Å²) in [5, 5.41) is 13.9. The van der Waals surface area contributed by atoms with Gasteiger partial charge in [-0.3, -0.25) is 5.10 Å². The van der Waals surface area contributed by atoms with Crippen molar-refractivity contribution in [3.05, 3.63) is 36.0 Å². The molecule has 2 aliphatic rings. The summed E-state index contributed by atoms with van der Waals surface area (Å²) in [4.78, 5) is 7.18. The third-order valence-electron chi connectivity index (χ3n) is 3.69. The summed E-state index contributed by atoms with van der Waals surface area (Å²) in [6.07, 6.45) is 1.84. The predicted octanol–water partition coefficient (Wildman–Crippen LogP) is 1.45. The van der Waals surface area contributed by atoms with Crippen LogP contribution in [0.25, 0.3) is 0 Å². The molecule has 0 spiro atoms. The summed E-state index contributed by atoms with van der Waals surface area (Å²) in [5.41, 5.74) is 3.00. The second-order valence-electron chi connectivity index (χ2n) is 4.97. The van der Waals surface area contributed by atoms with E-state index in [-0.39, 0.29) is 0 Å². The molecule has 0 aliphatic carbocycles. The molecule has 1 aromatic heterocycles. The van der Waals surface area contributed by atoms with Crippen LogP contribution in [0, 0.1) is 0 Å². The molecule has 3 N–H and O–H groups in total. The molecule has 0 bridgehead atoms. The fourth-order valence-electron chi connectivity index (χ4n) is 2.65. The first-order valence-electron chi connectivity index (χ1n) is 6.86. The maximum atomic E-state index is 4.87. The van der Waals surface area contributed by atoms with Gasteiger partial charge in [-0.05, 0) is 12.1 Å². The lowest BCUT2D eigenvalue weighted by molar-refractivity contribution is 0.358. The summed E-state index contributed by atoms with van der Waals surface area (Å²) in [7, 11) is 0. The highest BCUT2D eigenvalue weighted by Crippen LogP contribution is 2.33. The smallest absolute Gasteiger partial charge is 0.142 e. The van der Waals surface area contributed by atoms with Gasteiger partial charge in [0, 0.05) is 26.2 Å². The van der Waals surface area contributed by atoms with Gasteiger partial charge in [0.2, 0.25) is 0 Å². The Morgan fingerprint density at radius 2 is 1.95 bits per heavy atom. The first kappa shape index (κ1) is 11.5. The molecule has 0 radical (unpaired) electrons. The van der Waals surface area contributed by atoms with E-state index in [0.29, 0.717) is 0 Å². The van der Waals surface area contributed by atoms with E-state index in [9.17, 15) is 0 Å². The maximum absolute atomic E-state index is 4.87. The van der Waals surface area contributed by atoms with Crippen LogP contribution in [-0.4, -0.2) is 47.1 Å². The zero-order chi connectivity index (χ0) is 13.4. The predicted molar refractivity (Wildman–Crippen MR) is 79.0 cm³/mol. The zero-order valence-electron chi connectivity index (χ0n) is 11.1. The van der Waals surface area contributed by atoms with Gasteiger partial charge in [0.05, 0.1) is 23.1 Å². The van der Waals surface area contributed by atoms with Crippen LogP contribution >= 0.6 is 0 Å². The molecule has 2 aromatic rings. The fraction of sp³-hybridized carbons (Fsp3) is 0.286. The molecule has 1 aromatic carbocycles. The lowest BCUT2D eigenvalue weighted by Gasteiger charge is -2.29. The number of amidine groups is 1. The number of fused-ring (bicyclic) bond motifs is 2. The summed E-state index contributed by atoms with van der Waals surface area (Å²) in [5.74, 6) is 1.90. The van der Waals surface area contributed by atoms with Crippen molar-refractivity contribution in [3.63, 3.8) is 0 Å². The monoisotopic (exact) mass is 268 g/mol. The highest BCUT2D eigenvalue weighted by atomic mass is 15.3. The second-order valence-corrected chi connectivity index (χ2v) is 4.97. The average Bonchev–Trinajstić information content (AvgIpc) is 2.89. The molecule has 0 saturated carbocycles. The van der Waals surface area contributed by atoms with Gasteiger partial charge in [-0.25, -0.2) is 4.99 Å². The third kappa shape index (κ3) is 1.85. The van der Waals surface area contributed by atoms with Crippen molar-refractivity contribution in [2.24, 2.45) is 4.99 Å². The number of piperazine rings is 1. The minimum Gasteiger partial charge on any atom is -0.353 e. The van der Waals surface area contributed by atoms with E-state index >= 15 is 0 Å². The van der Waals surface area contributed by atoms with Crippen LogP contribution in [0.5, 0.6) is 0 Å². The third-order valence-corrected chi connectivity index (χ3v) is 3.69. The van der Waals surface area contributed by atoms with Crippen LogP contribution in [0.4, 0.5) is 17.2 Å². The van der Waals surface area contributed by atoms with Crippen molar-refractivity contribution in [1.82, 2.24) is 20.4 Å². The van der Waals surface area contributed by atoms with Gasteiger partial charge in [-0.2, -0.15) is 5.10 Å². The molecular formula is C14H16N6. The van der Waals surface area contributed by atoms with E-state index < -0.39 is 0 Å². The van der Waals surface area contributed by atoms with Crippen molar-refractivity contribution in [3.8, 4) is 0 Å². The molecule has 0 amide bonds. The van der Waals surface area contributed by atoms with Crippen LogP contribution in [0.15, 0.2) is 35.5 Å². The van der Waals surface area contributed by atoms with Gasteiger partial charge in [0.15, 0.2) is 0 Å². The largest absolute Gasteiger partial charge is 0.353 e. The van der Waals surface area contributed by atoms with Crippen molar-refractivity contribution in [2.45, 2.75) is 0 Å². The number of rotatable bonds is 0. The van der Waals surface area contributed by atoms with Gasteiger partial charge < -0.3 is 15.5 Å². The number of nitrogens with one attached hydrogen (secondary N) is 3. The molecule has 20 heavy (non-hydrogen) atoms. The second kappa shape index (κ2) is 4.64. The number of anilines is 2. The highest BCUT2D eigenvalue weighted by Gasteiger charge is 2.23. The number of aromatic nitrogens is 2. The minimum atomic E-state index is 0.909. The number of hydrogen-bond acceptors (Lipinski definition) is 5. The van der Waals surface area contributed by atoms with Crippen molar-refractivity contribution in [1.29, 1.82) is 0 Å². The number of para-hydroxylation sites is 2. The fourth-order valence-corrected chi connectivity index (χ4v) is 2.65. The van der Waals surface area contributed by atoms with E-state index in [1.807, 2.05) is 30.5 Å². The first-order valence-corrected chi connectivity index (χ1v) is 6.86. The summed E-state index contributed by atoms with van der Waals surface area (Å²) < 4.78 is 0. The van der Waals surface area contributed by atoms with Crippen LogP contribution in [0.3, 0.4) is 0 Å². The average molecular weight is 268 g/mol. The number of nitrogens with zero attached hydrogens (tertiary/aromatic N) is 3. The summed E-state index contributed by atoms with van der Waals surface area (Å²) in [6.45, 7) is 3.90. The molecule has 0 atom stereocenters. The van der Waals surface area contributed by atoms with E-state index in [0.717, 1.165) is 54.8 Å². The van der Waals surface area contributed by atoms with Crippen molar-refractivity contribution >= 4 is 23.0 Å². The first-order chi connectivity index (χ1) is 9.92. The quantitative estimate of drug-likeness (QED) is 0.676. The molecule has 1 fully saturated rings. The highest BCUT2D eigenvalue weighted by molar-refractivity contribution is 6.06. The number of hydrogen-bond donors (Lipinski definition) is 3. The Morgan fingerprint density at radius 3 is 2.85 bits per heavy atom. The Labute approximate surface area is 116 Å². The Kier molecular flexibility index (Phi) is 2.67. The van der Waals surface area contributed by atoms with Crippen molar-refractivity contribution < 1.29 is 0 Å². The Hall–Kier alpha value is -2.34. The van der Waals surface area contributed by atoms with Crippen LogP contribution in [0.1, 0.15) is 5.56 Å². The number of aliphatic imine (C=N–C) groups is 1. The van der Waals surface area contributed by atoms with E-state index in [1.54, 1.807) is 0 Å². The molecule has 1 saturated heterocycles. The van der Waals surface area contributed by atoms with Crippen LogP contribution in [-0.2, 0) is 0 Å². The molecule has 2 aliphatic heterocycles. The maximum Gasteiger partial charge on any atom is 0.142 e. The topological polar surface area (TPSA) is 68.3 Å². The lowest BCUT2D eigenvalue weighted by Crippen LogP contribution is -2.46. The lowest BCUT2D eigenvalue weighted by atomic mass is 10.2. The van der Waals surface area contributed by atoms with Crippen LogP contribution < -0.4 is 10.6 Å². The number of H-pyrrole nitrogens is 1. The SMILES string of the molecule is c1ccc2c(c1)N=C(N1CCNCC1)c1cn[nH]c1N2. The van der Waals surface area contributed by atoms with Crippen LogP contribution in [0.2, 0.25) is 0 Å². The standard InChI is InChI=1S/C14H16N6/c1-2-4-12-11(3-1)17-13-10(9-16-19-13)14(18-12)20-7-5-15-6-8-20/h1-4,9,15H,5-8H2,(H2,16,17,19). The normalized spacial score (nSPS) is 17.6. The van der Waals surface area contributed by atoms with Gasteiger partial charge in [-0.15, -0.1) is 0 Å². The molecule has 0 unspecified atom stereocenters. The number of aromatic amines is 1. The van der Waals surface area contributed by atoms with Crippen molar-refractivity contribution in [2.75, 3.05) is 31.5 Å². The van der Waals surface area contributed by atoms with E-state index in [1.165, 1.54) is 0 Å². The zero-order valence-corrected chi connectivity index (χ0v) is 11.1. The Morgan fingerprint density at radius 1 is 1.10 bits per heavy atom. The summed E-state index contributed by atoms with van der Waals surface area (Å²) in [6, 6.07) is 8.08. The summed E-state index contributed by atoms with van der Waals surface area (Å²) >= 11 is 0. The minimum absolute atomic E-state index is 0.909. The number of benzene rings is 1. The Bertz CT molecular complexity index is 653. The van der Waals surface area contributed by atoms with Gasteiger partial charge in [-0.1, -0.05) is 12.1 Å². The van der Waals surface area contributed by atoms with Gasteiger partial charge >= 0.3 is 0 Å². The molecule has 102 valence electrons. The molecule has 6 heteroatoms. The Balaban J connectivity index is 1.84. The van der Waals surface area contributed by atoms with Gasteiger partial charge in [0.1, 0.15) is 11.7 Å². The van der Waals surface area contributed by atoms with Gasteiger partial charge in [0.25, 0.3) is 0 Å². The molecule has 6 nitrogen and oxygen atoms in total.